The van der Waals surface area contributed by atoms with Crippen molar-refractivity contribution in [1.29, 1.82) is 0 Å². The summed E-state index contributed by atoms with van der Waals surface area (Å²) in [6.45, 7) is 3.78. The molecule has 20 heavy (non-hydrogen) atoms. The molecule has 0 amide bonds. The summed E-state index contributed by atoms with van der Waals surface area (Å²) in [6, 6.07) is 14.1. The zero-order valence-corrected chi connectivity index (χ0v) is 11.3. The number of rotatable bonds is 4. The van der Waals surface area contributed by atoms with Crippen LogP contribution in [0.2, 0.25) is 0 Å². The molecule has 0 saturated carbocycles. The van der Waals surface area contributed by atoms with Gasteiger partial charge in [0.2, 0.25) is 0 Å². The zero-order chi connectivity index (χ0) is 13.9. The normalized spacial score (nSPS) is 10.8. The Morgan fingerprint density at radius 2 is 1.80 bits per heavy atom. The number of fused-ring (bicyclic) bond motifs is 1. The smallest absolute Gasteiger partial charge is 0.160 e. The van der Waals surface area contributed by atoms with E-state index in [9.17, 15) is 0 Å². The Kier molecular flexibility index (Phi) is 3.25. The second-order valence-electron chi connectivity index (χ2n) is 4.64. The van der Waals surface area contributed by atoms with Crippen LogP contribution in [-0.4, -0.2) is 16.9 Å². The highest BCUT2D eigenvalue weighted by Crippen LogP contribution is 2.29. The van der Waals surface area contributed by atoms with Gasteiger partial charge in [0.05, 0.1) is 11.4 Å². The van der Waals surface area contributed by atoms with Crippen LogP contribution in [-0.2, 0) is 6.54 Å². The molecule has 0 unspecified atom stereocenters. The van der Waals surface area contributed by atoms with Crippen LogP contribution >= 0.6 is 0 Å². The lowest BCUT2D eigenvalue weighted by Gasteiger charge is -2.23. The van der Waals surface area contributed by atoms with Gasteiger partial charge in [-0.25, -0.2) is 4.63 Å². The molecule has 0 bridgehead atoms. The van der Waals surface area contributed by atoms with Crippen molar-refractivity contribution in [2.24, 2.45) is 0 Å². The summed E-state index contributed by atoms with van der Waals surface area (Å²) < 4.78 is 4.82. The van der Waals surface area contributed by atoms with Gasteiger partial charge in [-0.3, -0.25) is 0 Å². The van der Waals surface area contributed by atoms with Gasteiger partial charge in [0.1, 0.15) is 0 Å². The molecular weight excluding hydrogens is 252 g/mol. The SMILES string of the molecule is CCN(Cc1ccccc1)c1ccc(N)c2nonc12. The van der Waals surface area contributed by atoms with E-state index in [4.69, 9.17) is 10.4 Å². The summed E-state index contributed by atoms with van der Waals surface area (Å²) in [5, 5.41) is 7.85. The molecule has 3 aromatic rings. The highest BCUT2D eigenvalue weighted by atomic mass is 16.6. The van der Waals surface area contributed by atoms with Crippen molar-refractivity contribution in [3.8, 4) is 0 Å². The molecule has 5 nitrogen and oxygen atoms in total. The van der Waals surface area contributed by atoms with E-state index in [2.05, 4.69) is 34.3 Å². The van der Waals surface area contributed by atoms with E-state index in [0.29, 0.717) is 16.7 Å². The van der Waals surface area contributed by atoms with Crippen LogP contribution in [0.4, 0.5) is 11.4 Å². The average Bonchev–Trinajstić information content (AvgIpc) is 2.97. The van der Waals surface area contributed by atoms with Crippen LogP contribution in [0.25, 0.3) is 11.0 Å². The largest absolute Gasteiger partial charge is 0.397 e. The van der Waals surface area contributed by atoms with Gasteiger partial charge in [-0.05, 0) is 34.9 Å². The Labute approximate surface area is 117 Å². The minimum absolute atomic E-state index is 0.584. The van der Waals surface area contributed by atoms with Gasteiger partial charge in [0, 0.05) is 13.1 Å². The maximum Gasteiger partial charge on any atom is 0.160 e. The fraction of sp³-hybridized carbons (Fsp3) is 0.200. The molecule has 3 rings (SSSR count). The minimum atomic E-state index is 0.584. The number of nitrogen functional groups attached to an aromatic ring is 1. The number of nitrogens with two attached hydrogens (primary N) is 1. The third-order valence-electron chi connectivity index (χ3n) is 3.36. The van der Waals surface area contributed by atoms with E-state index in [-0.39, 0.29) is 0 Å². The molecule has 1 heterocycles. The zero-order valence-electron chi connectivity index (χ0n) is 11.3. The molecule has 5 heteroatoms. The molecule has 0 saturated heterocycles. The van der Waals surface area contributed by atoms with E-state index in [1.807, 2.05) is 30.3 Å². The Morgan fingerprint density at radius 3 is 2.55 bits per heavy atom. The van der Waals surface area contributed by atoms with Crippen LogP contribution in [0.15, 0.2) is 47.1 Å². The first-order valence-electron chi connectivity index (χ1n) is 6.59. The second kappa shape index (κ2) is 5.21. The minimum Gasteiger partial charge on any atom is -0.397 e. The molecule has 0 aliphatic heterocycles. The van der Waals surface area contributed by atoms with Gasteiger partial charge in [-0.15, -0.1) is 0 Å². The van der Waals surface area contributed by atoms with Gasteiger partial charge < -0.3 is 10.6 Å². The van der Waals surface area contributed by atoms with Crippen molar-refractivity contribution < 1.29 is 4.63 Å². The third-order valence-corrected chi connectivity index (χ3v) is 3.36. The Hall–Kier alpha value is -2.56. The molecular formula is C15H16N4O. The van der Waals surface area contributed by atoms with E-state index >= 15 is 0 Å². The van der Waals surface area contributed by atoms with Crippen molar-refractivity contribution in [2.45, 2.75) is 13.5 Å². The Morgan fingerprint density at radius 1 is 1.05 bits per heavy atom. The van der Waals surface area contributed by atoms with Crippen LogP contribution in [0.1, 0.15) is 12.5 Å². The summed E-state index contributed by atoms with van der Waals surface area (Å²) >= 11 is 0. The highest BCUT2D eigenvalue weighted by molar-refractivity contribution is 5.95. The Bertz CT molecular complexity index is 708. The molecule has 2 aromatic carbocycles. The van der Waals surface area contributed by atoms with E-state index in [0.717, 1.165) is 18.8 Å². The highest BCUT2D eigenvalue weighted by Gasteiger charge is 2.15. The fourth-order valence-electron chi connectivity index (χ4n) is 2.30. The lowest BCUT2D eigenvalue weighted by Crippen LogP contribution is -2.22. The lowest BCUT2D eigenvalue weighted by molar-refractivity contribution is 0.315. The molecule has 0 fully saturated rings. The second-order valence-corrected chi connectivity index (χ2v) is 4.64. The monoisotopic (exact) mass is 268 g/mol. The average molecular weight is 268 g/mol. The topological polar surface area (TPSA) is 68.2 Å². The number of hydrogen-bond donors (Lipinski definition) is 1. The number of benzene rings is 2. The quantitative estimate of drug-likeness (QED) is 0.737. The van der Waals surface area contributed by atoms with E-state index in [1.165, 1.54) is 5.56 Å². The van der Waals surface area contributed by atoms with Gasteiger partial charge in [0.25, 0.3) is 0 Å². The molecule has 0 atom stereocenters. The Balaban J connectivity index is 1.99. The third kappa shape index (κ3) is 2.18. The summed E-state index contributed by atoms with van der Waals surface area (Å²) in [5.74, 6) is 0. The number of anilines is 2. The van der Waals surface area contributed by atoms with Crippen molar-refractivity contribution in [3.05, 3.63) is 48.0 Å². The van der Waals surface area contributed by atoms with Crippen molar-refractivity contribution in [3.63, 3.8) is 0 Å². The van der Waals surface area contributed by atoms with E-state index in [1.54, 1.807) is 0 Å². The summed E-state index contributed by atoms with van der Waals surface area (Å²) in [7, 11) is 0. The first kappa shape index (κ1) is 12.5. The maximum atomic E-state index is 5.88. The maximum absolute atomic E-state index is 5.88. The van der Waals surface area contributed by atoms with Crippen LogP contribution < -0.4 is 10.6 Å². The van der Waals surface area contributed by atoms with Crippen molar-refractivity contribution in [1.82, 2.24) is 10.3 Å². The molecule has 1 aromatic heterocycles. The van der Waals surface area contributed by atoms with Gasteiger partial charge >= 0.3 is 0 Å². The molecule has 2 N–H and O–H groups in total. The summed E-state index contributed by atoms with van der Waals surface area (Å²) in [6.07, 6.45) is 0. The molecule has 102 valence electrons. The number of nitrogens with zero attached hydrogens (tertiary/aromatic N) is 3. The number of hydrogen-bond acceptors (Lipinski definition) is 5. The predicted octanol–water partition coefficient (Wildman–Crippen LogP) is 2.83. The summed E-state index contributed by atoms with van der Waals surface area (Å²) in [5.41, 5.74) is 10.0. The lowest BCUT2D eigenvalue weighted by atomic mass is 10.1. The molecule has 0 spiro atoms. The first-order chi connectivity index (χ1) is 9.79. The molecule has 0 radical (unpaired) electrons. The van der Waals surface area contributed by atoms with Crippen LogP contribution in [0.5, 0.6) is 0 Å². The van der Waals surface area contributed by atoms with Crippen LogP contribution in [0, 0.1) is 0 Å². The summed E-state index contributed by atoms with van der Waals surface area (Å²) in [4.78, 5) is 2.22. The standard InChI is InChI=1S/C15H16N4O/c1-2-19(10-11-6-4-3-5-7-11)13-9-8-12(16)14-15(13)18-20-17-14/h3-9H,2,10,16H2,1H3. The van der Waals surface area contributed by atoms with E-state index < -0.39 is 0 Å². The van der Waals surface area contributed by atoms with Gasteiger partial charge in [-0.2, -0.15) is 0 Å². The fourth-order valence-corrected chi connectivity index (χ4v) is 2.30. The van der Waals surface area contributed by atoms with Crippen molar-refractivity contribution >= 4 is 22.4 Å². The predicted molar refractivity (Wildman–Crippen MR) is 79.4 cm³/mol. The number of aromatic nitrogens is 2. The molecule has 0 aliphatic rings. The van der Waals surface area contributed by atoms with Crippen LogP contribution in [0.3, 0.4) is 0 Å². The van der Waals surface area contributed by atoms with Gasteiger partial charge in [-0.1, -0.05) is 30.3 Å². The molecule has 0 aliphatic carbocycles. The first-order valence-corrected chi connectivity index (χ1v) is 6.59. The van der Waals surface area contributed by atoms with Crippen molar-refractivity contribution in [2.75, 3.05) is 17.2 Å². The van der Waals surface area contributed by atoms with Gasteiger partial charge in [0.15, 0.2) is 11.0 Å².